The van der Waals surface area contributed by atoms with Crippen LogP contribution in [0.3, 0.4) is 0 Å². The number of anilines is 4. The molecule has 2 heterocycles. The Hall–Kier alpha value is -4.93. The van der Waals surface area contributed by atoms with Gasteiger partial charge in [0.1, 0.15) is 5.82 Å². The molecule has 0 unspecified atom stereocenters. The lowest BCUT2D eigenvalue weighted by atomic mass is 9.90. The first kappa shape index (κ1) is 26.7. The first-order valence-corrected chi connectivity index (χ1v) is 13.0. The van der Waals surface area contributed by atoms with Crippen LogP contribution in [0, 0.1) is 28.8 Å². The molecule has 0 radical (unpaired) electrons. The van der Waals surface area contributed by atoms with Gasteiger partial charge < -0.3 is 10.2 Å². The van der Waals surface area contributed by atoms with E-state index < -0.39 is 10.7 Å². The predicted molar refractivity (Wildman–Crippen MR) is 154 cm³/mol. The van der Waals surface area contributed by atoms with Crippen molar-refractivity contribution in [2.75, 3.05) is 28.7 Å². The van der Waals surface area contributed by atoms with Crippen molar-refractivity contribution in [3.63, 3.8) is 0 Å². The molecule has 2 N–H and O–H groups in total. The average Bonchev–Trinajstić information content (AvgIpc) is 2.96. The summed E-state index contributed by atoms with van der Waals surface area (Å²) in [5.74, 6) is 0.944. The molecule has 1 aliphatic rings. The molecule has 0 bridgehead atoms. The molecule has 4 aromatic rings. The van der Waals surface area contributed by atoms with Crippen molar-refractivity contribution in [3.8, 4) is 0 Å². The van der Waals surface area contributed by atoms with E-state index in [0.717, 1.165) is 68.0 Å². The van der Waals surface area contributed by atoms with E-state index in [9.17, 15) is 14.5 Å². The lowest BCUT2D eigenvalue weighted by Gasteiger charge is -2.32. The Morgan fingerprint density at radius 1 is 1.02 bits per heavy atom. The van der Waals surface area contributed by atoms with E-state index in [1.54, 1.807) is 0 Å². The molecular formula is C29H29FN8O2. The molecule has 0 atom stereocenters. The first-order chi connectivity index (χ1) is 19.4. The van der Waals surface area contributed by atoms with Crippen molar-refractivity contribution in [2.24, 2.45) is 11.0 Å². The Balaban J connectivity index is 1.33. The minimum atomic E-state index is -0.632. The highest BCUT2D eigenvalue weighted by Gasteiger charge is 2.22. The van der Waals surface area contributed by atoms with Crippen LogP contribution in [0.25, 0.3) is 0 Å². The lowest BCUT2D eigenvalue weighted by Crippen LogP contribution is -2.35. The van der Waals surface area contributed by atoms with Crippen molar-refractivity contribution >= 4 is 35.4 Å². The highest BCUT2D eigenvalue weighted by Crippen LogP contribution is 2.26. The molecule has 1 fully saturated rings. The van der Waals surface area contributed by atoms with E-state index in [2.05, 4.69) is 60.0 Å². The fraction of sp³-hybridized carbons (Fsp3) is 0.241. The Morgan fingerprint density at radius 3 is 2.48 bits per heavy atom. The van der Waals surface area contributed by atoms with Gasteiger partial charge in [-0.05, 0) is 55.9 Å². The van der Waals surface area contributed by atoms with Gasteiger partial charge >= 0.3 is 0 Å². The molecule has 1 aromatic heterocycles. The number of hydrogen-bond acceptors (Lipinski definition) is 9. The summed E-state index contributed by atoms with van der Waals surface area (Å²) in [5.41, 5.74) is 5.76. The van der Waals surface area contributed by atoms with Gasteiger partial charge in [-0.2, -0.15) is 20.1 Å². The van der Waals surface area contributed by atoms with Crippen LogP contribution in [-0.4, -0.2) is 39.2 Å². The molecule has 0 amide bonds. The van der Waals surface area contributed by atoms with Gasteiger partial charge in [-0.1, -0.05) is 48.0 Å². The Morgan fingerprint density at radius 2 is 1.75 bits per heavy atom. The summed E-state index contributed by atoms with van der Waals surface area (Å²) in [5, 5.41) is 18.3. The number of rotatable bonds is 9. The van der Waals surface area contributed by atoms with Crippen LogP contribution < -0.4 is 15.6 Å². The number of piperidine rings is 1. The normalized spacial score (nSPS) is 13.9. The second kappa shape index (κ2) is 12.3. The number of hydrazone groups is 1. The number of non-ortho nitro benzene ring substituents is 1. The van der Waals surface area contributed by atoms with Gasteiger partial charge in [-0.25, -0.2) is 9.82 Å². The summed E-state index contributed by atoms with van der Waals surface area (Å²) < 4.78 is 14.2. The van der Waals surface area contributed by atoms with E-state index in [1.165, 1.54) is 5.56 Å². The molecule has 1 aliphatic heterocycles. The molecule has 5 rings (SSSR count). The zero-order valence-electron chi connectivity index (χ0n) is 22.0. The maximum absolute atomic E-state index is 14.2. The summed E-state index contributed by atoms with van der Waals surface area (Å²) in [4.78, 5) is 26.2. The smallest absolute Gasteiger partial charge is 0.270 e. The number of nitro groups is 1. The van der Waals surface area contributed by atoms with Crippen LogP contribution in [0.4, 0.5) is 33.6 Å². The second-order valence-electron chi connectivity index (χ2n) is 9.73. The quantitative estimate of drug-likeness (QED) is 0.153. The van der Waals surface area contributed by atoms with Gasteiger partial charge in [-0.15, -0.1) is 0 Å². The zero-order valence-corrected chi connectivity index (χ0v) is 22.0. The third-order valence-electron chi connectivity index (χ3n) is 6.75. The number of nitro benzene ring substituents is 1. The van der Waals surface area contributed by atoms with Crippen LogP contribution in [0.15, 0.2) is 77.9 Å². The lowest BCUT2D eigenvalue weighted by molar-refractivity contribution is -0.384. The van der Waals surface area contributed by atoms with Crippen LogP contribution >= 0.6 is 0 Å². The molecule has 204 valence electrons. The highest BCUT2D eigenvalue weighted by molar-refractivity contribution is 5.81. The van der Waals surface area contributed by atoms with E-state index in [0.29, 0.717) is 17.8 Å². The summed E-state index contributed by atoms with van der Waals surface area (Å²) in [7, 11) is 0. The number of aromatic nitrogens is 3. The molecule has 0 aliphatic carbocycles. The van der Waals surface area contributed by atoms with Crippen molar-refractivity contribution in [1.29, 1.82) is 0 Å². The SMILES string of the molecule is Cc1ccc(Nc2nc(N/N=C/c3cc([N+](=O)[O-])ccc3F)nc(N3CCC(Cc4ccccc4)CC3)n2)cc1. The van der Waals surface area contributed by atoms with E-state index >= 15 is 0 Å². The van der Waals surface area contributed by atoms with E-state index in [1.807, 2.05) is 37.3 Å². The number of nitrogens with one attached hydrogen (secondary N) is 2. The Kier molecular flexibility index (Phi) is 8.19. The van der Waals surface area contributed by atoms with Crippen molar-refractivity contribution < 1.29 is 9.31 Å². The Labute approximate surface area is 231 Å². The van der Waals surface area contributed by atoms with Gasteiger partial charge in [-0.3, -0.25) is 10.1 Å². The number of nitrogens with zero attached hydrogens (tertiary/aromatic N) is 6. The minimum absolute atomic E-state index is 0.0329. The zero-order chi connectivity index (χ0) is 27.9. The van der Waals surface area contributed by atoms with Crippen LogP contribution in [0.5, 0.6) is 0 Å². The topological polar surface area (TPSA) is 121 Å². The molecular weight excluding hydrogens is 511 g/mol. The number of aryl methyl sites for hydroxylation is 1. The third kappa shape index (κ3) is 6.93. The average molecular weight is 541 g/mol. The molecule has 1 saturated heterocycles. The number of hydrogen-bond donors (Lipinski definition) is 2. The molecule has 10 nitrogen and oxygen atoms in total. The molecule has 0 saturated carbocycles. The number of benzene rings is 3. The van der Waals surface area contributed by atoms with Gasteiger partial charge in [0.2, 0.25) is 17.8 Å². The molecule has 3 aromatic carbocycles. The molecule has 40 heavy (non-hydrogen) atoms. The predicted octanol–water partition coefficient (Wildman–Crippen LogP) is 5.88. The van der Waals surface area contributed by atoms with E-state index in [4.69, 9.17) is 0 Å². The van der Waals surface area contributed by atoms with Gasteiger partial charge in [0, 0.05) is 36.5 Å². The first-order valence-electron chi connectivity index (χ1n) is 13.0. The number of halogens is 1. The van der Waals surface area contributed by atoms with Crippen LogP contribution in [0.2, 0.25) is 0 Å². The van der Waals surface area contributed by atoms with Crippen LogP contribution in [0.1, 0.15) is 29.5 Å². The molecule has 11 heteroatoms. The van der Waals surface area contributed by atoms with Gasteiger partial charge in [0.15, 0.2) is 0 Å². The minimum Gasteiger partial charge on any atom is -0.341 e. The standard InChI is InChI=1S/C29H29FN8O2/c1-20-7-9-24(10-8-20)32-27-33-28(36-31-19-23-18-25(38(39)40)11-12-26(23)30)35-29(34-27)37-15-13-22(14-16-37)17-21-5-3-2-4-6-21/h2-12,18-19,22H,13-17H2,1H3,(H2,32,33,34,35,36)/b31-19+. The fourth-order valence-corrected chi connectivity index (χ4v) is 4.57. The Bertz CT molecular complexity index is 1490. The monoisotopic (exact) mass is 540 g/mol. The summed E-state index contributed by atoms with van der Waals surface area (Å²) in [6, 6.07) is 21.6. The van der Waals surface area contributed by atoms with Gasteiger partial charge in [0.25, 0.3) is 5.69 Å². The highest BCUT2D eigenvalue weighted by atomic mass is 19.1. The summed E-state index contributed by atoms with van der Waals surface area (Å²) in [6.07, 6.45) is 4.22. The summed E-state index contributed by atoms with van der Waals surface area (Å²) >= 11 is 0. The molecule has 0 spiro atoms. The maximum atomic E-state index is 14.2. The fourth-order valence-electron chi connectivity index (χ4n) is 4.57. The third-order valence-corrected chi connectivity index (χ3v) is 6.75. The van der Waals surface area contributed by atoms with Crippen molar-refractivity contribution in [1.82, 2.24) is 15.0 Å². The largest absolute Gasteiger partial charge is 0.341 e. The van der Waals surface area contributed by atoms with E-state index in [-0.39, 0.29) is 17.2 Å². The second-order valence-corrected chi connectivity index (χ2v) is 9.73. The van der Waals surface area contributed by atoms with Crippen molar-refractivity contribution in [3.05, 3.63) is 105 Å². The van der Waals surface area contributed by atoms with Crippen LogP contribution in [-0.2, 0) is 6.42 Å². The summed E-state index contributed by atoms with van der Waals surface area (Å²) in [6.45, 7) is 3.61. The van der Waals surface area contributed by atoms with Gasteiger partial charge in [0.05, 0.1) is 11.1 Å². The maximum Gasteiger partial charge on any atom is 0.270 e. The van der Waals surface area contributed by atoms with Crippen molar-refractivity contribution in [2.45, 2.75) is 26.2 Å².